The van der Waals surface area contributed by atoms with E-state index in [2.05, 4.69) is 25.3 Å². The molecule has 1 amide bonds. The van der Waals surface area contributed by atoms with Crippen LogP contribution in [0.3, 0.4) is 0 Å². The highest BCUT2D eigenvalue weighted by molar-refractivity contribution is 5.80. The molecule has 9 nitrogen and oxygen atoms in total. The van der Waals surface area contributed by atoms with Crippen LogP contribution in [0.15, 0.2) is 15.6 Å². The first-order chi connectivity index (χ1) is 15.2. The van der Waals surface area contributed by atoms with Crippen LogP contribution in [0.25, 0.3) is 0 Å². The van der Waals surface area contributed by atoms with Gasteiger partial charge in [0.2, 0.25) is 0 Å². The maximum Gasteiger partial charge on any atom is 0.410 e. The van der Waals surface area contributed by atoms with E-state index in [1.165, 1.54) is 0 Å². The van der Waals surface area contributed by atoms with Gasteiger partial charge in [0.25, 0.3) is 0 Å². The summed E-state index contributed by atoms with van der Waals surface area (Å²) in [4.78, 5) is 23.5. The molecule has 2 saturated heterocycles. The Morgan fingerprint density at radius 1 is 1.25 bits per heavy atom. The number of hydrogen-bond acceptors (Lipinski definition) is 6. The molecular formula is C23H40N6O3. The number of likely N-dealkylation sites (tertiary alicyclic amines) is 1. The highest BCUT2D eigenvalue weighted by Gasteiger charge is 2.27. The van der Waals surface area contributed by atoms with Gasteiger partial charge in [-0.3, -0.25) is 9.89 Å². The van der Waals surface area contributed by atoms with Crippen molar-refractivity contribution >= 4 is 12.1 Å². The van der Waals surface area contributed by atoms with Crippen LogP contribution in [-0.2, 0) is 11.3 Å². The largest absolute Gasteiger partial charge is 0.444 e. The Labute approximate surface area is 192 Å². The smallest absolute Gasteiger partial charge is 0.410 e. The summed E-state index contributed by atoms with van der Waals surface area (Å²) in [6.07, 6.45) is 3.01. The molecule has 2 aliphatic rings. The van der Waals surface area contributed by atoms with Gasteiger partial charge in [0.05, 0.1) is 5.69 Å². The molecule has 0 saturated carbocycles. The van der Waals surface area contributed by atoms with Crippen LogP contribution in [0.5, 0.6) is 0 Å². The summed E-state index contributed by atoms with van der Waals surface area (Å²) in [6.45, 7) is 14.7. The number of ether oxygens (including phenoxy) is 1. The molecule has 0 bridgehead atoms. The van der Waals surface area contributed by atoms with Crippen molar-refractivity contribution in [2.75, 3.05) is 52.9 Å². The summed E-state index contributed by atoms with van der Waals surface area (Å²) in [5, 5.41) is 7.63. The molecule has 1 aromatic heterocycles. The van der Waals surface area contributed by atoms with Crippen molar-refractivity contribution in [1.82, 2.24) is 25.2 Å². The number of piperazine rings is 1. The predicted octanol–water partition coefficient (Wildman–Crippen LogP) is 2.71. The van der Waals surface area contributed by atoms with Crippen molar-refractivity contribution in [2.24, 2.45) is 10.9 Å². The zero-order valence-electron chi connectivity index (χ0n) is 20.4. The molecule has 1 N–H and O–H groups in total. The second-order valence-corrected chi connectivity index (χ2v) is 9.89. The lowest BCUT2D eigenvalue weighted by molar-refractivity contribution is 0.0162. The van der Waals surface area contributed by atoms with E-state index in [-0.39, 0.29) is 6.09 Å². The van der Waals surface area contributed by atoms with Crippen LogP contribution in [0.1, 0.15) is 51.5 Å². The lowest BCUT2D eigenvalue weighted by atomic mass is 9.95. The summed E-state index contributed by atoms with van der Waals surface area (Å²) in [5.41, 5.74) is 0.544. The van der Waals surface area contributed by atoms with Crippen LogP contribution < -0.4 is 5.32 Å². The van der Waals surface area contributed by atoms with E-state index in [1.807, 2.05) is 45.7 Å². The highest BCUT2D eigenvalue weighted by Crippen LogP contribution is 2.21. The Morgan fingerprint density at radius 2 is 2.00 bits per heavy atom. The Bertz CT molecular complexity index is 764. The molecule has 3 rings (SSSR count). The van der Waals surface area contributed by atoms with Gasteiger partial charge in [-0.25, -0.2) is 4.79 Å². The Kier molecular flexibility index (Phi) is 8.39. The van der Waals surface area contributed by atoms with Crippen molar-refractivity contribution < 1.29 is 14.1 Å². The van der Waals surface area contributed by atoms with Crippen molar-refractivity contribution in [1.29, 1.82) is 0 Å². The molecule has 1 aromatic rings. The van der Waals surface area contributed by atoms with E-state index in [4.69, 9.17) is 9.26 Å². The summed E-state index contributed by atoms with van der Waals surface area (Å²) in [5.74, 6) is 2.31. The van der Waals surface area contributed by atoms with Crippen molar-refractivity contribution in [2.45, 2.75) is 59.1 Å². The number of carbonyl (C=O) groups is 1. The minimum absolute atomic E-state index is 0.190. The fourth-order valence-corrected chi connectivity index (χ4v) is 4.35. The van der Waals surface area contributed by atoms with Crippen LogP contribution in [0, 0.1) is 12.8 Å². The Hall–Kier alpha value is -2.29. The fraction of sp³-hybridized carbons (Fsp3) is 0.783. The number of nitrogens with one attached hydrogen (secondary N) is 1. The molecule has 1 unspecified atom stereocenters. The number of piperidine rings is 1. The molecule has 3 heterocycles. The molecule has 0 aliphatic carbocycles. The van der Waals surface area contributed by atoms with Gasteiger partial charge < -0.3 is 24.4 Å². The second kappa shape index (κ2) is 11.0. The van der Waals surface area contributed by atoms with Crippen molar-refractivity contribution in [3.8, 4) is 0 Å². The van der Waals surface area contributed by atoms with Gasteiger partial charge in [0.1, 0.15) is 11.4 Å². The number of aryl methyl sites for hydroxylation is 1. The van der Waals surface area contributed by atoms with Crippen molar-refractivity contribution in [3.05, 3.63) is 17.5 Å². The van der Waals surface area contributed by atoms with Gasteiger partial charge >= 0.3 is 6.09 Å². The number of aliphatic imine (C=N–C) groups is 1. The maximum absolute atomic E-state index is 12.4. The molecular weight excluding hydrogens is 408 g/mol. The molecule has 1 atom stereocenters. The molecule has 0 aromatic carbocycles. The van der Waals surface area contributed by atoms with Gasteiger partial charge in [0.15, 0.2) is 5.96 Å². The topological polar surface area (TPSA) is 86.4 Å². The van der Waals surface area contributed by atoms with Gasteiger partial charge in [0, 0.05) is 65.5 Å². The zero-order chi connectivity index (χ0) is 23.1. The molecule has 32 heavy (non-hydrogen) atoms. The fourth-order valence-electron chi connectivity index (χ4n) is 4.35. The normalized spacial score (nSPS) is 21.0. The quantitative estimate of drug-likeness (QED) is 0.547. The average molecular weight is 449 g/mol. The zero-order valence-corrected chi connectivity index (χ0v) is 20.4. The summed E-state index contributed by atoms with van der Waals surface area (Å²) < 4.78 is 10.7. The number of hydrogen-bond donors (Lipinski definition) is 1. The monoisotopic (exact) mass is 448 g/mol. The number of rotatable bonds is 5. The number of carbonyl (C=O) groups excluding carboxylic acids is 1. The first-order valence-electron chi connectivity index (χ1n) is 11.8. The van der Waals surface area contributed by atoms with Gasteiger partial charge in [-0.05, 0) is 52.9 Å². The van der Waals surface area contributed by atoms with Gasteiger partial charge in [-0.1, -0.05) is 5.16 Å². The summed E-state index contributed by atoms with van der Waals surface area (Å²) in [7, 11) is 1.84. The SMILES string of the molecule is CN=C(NCCC1CCCN(C(=O)OC(C)(C)C)C1)N1CCN(Cc2cc(C)on2)CC1. The lowest BCUT2D eigenvalue weighted by Crippen LogP contribution is -2.52. The van der Waals surface area contributed by atoms with E-state index in [0.717, 1.165) is 89.0 Å². The molecule has 9 heteroatoms. The third-order valence-electron chi connectivity index (χ3n) is 5.95. The number of aromatic nitrogens is 1. The lowest BCUT2D eigenvalue weighted by Gasteiger charge is -2.36. The van der Waals surface area contributed by atoms with E-state index in [1.54, 1.807) is 0 Å². The molecule has 0 radical (unpaired) electrons. The van der Waals surface area contributed by atoms with Crippen LogP contribution >= 0.6 is 0 Å². The number of nitrogens with zero attached hydrogens (tertiary/aromatic N) is 5. The number of amides is 1. The van der Waals surface area contributed by atoms with Crippen LogP contribution in [0.2, 0.25) is 0 Å². The van der Waals surface area contributed by atoms with Crippen LogP contribution in [-0.4, -0.2) is 90.4 Å². The molecule has 0 spiro atoms. The third-order valence-corrected chi connectivity index (χ3v) is 5.95. The van der Waals surface area contributed by atoms with Crippen molar-refractivity contribution in [3.63, 3.8) is 0 Å². The molecule has 2 aliphatic heterocycles. The van der Waals surface area contributed by atoms with Gasteiger partial charge in [-0.15, -0.1) is 0 Å². The average Bonchev–Trinajstić information content (AvgIpc) is 3.15. The van der Waals surface area contributed by atoms with E-state index < -0.39 is 5.60 Å². The highest BCUT2D eigenvalue weighted by atomic mass is 16.6. The predicted molar refractivity (Wildman–Crippen MR) is 125 cm³/mol. The summed E-state index contributed by atoms with van der Waals surface area (Å²) >= 11 is 0. The first kappa shape index (κ1) is 24.4. The number of guanidine groups is 1. The minimum Gasteiger partial charge on any atom is -0.444 e. The Balaban J connectivity index is 1.38. The minimum atomic E-state index is -0.448. The van der Waals surface area contributed by atoms with Crippen LogP contribution in [0.4, 0.5) is 4.79 Å². The van der Waals surface area contributed by atoms with Gasteiger partial charge in [-0.2, -0.15) is 0 Å². The second-order valence-electron chi connectivity index (χ2n) is 9.89. The molecule has 180 valence electrons. The standard InChI is InChI=1S/C23H40N6O3/c1-18-15-20(26-32-18)17-27-11-13-28(14-12-27)21(24-5)25-9-8-19-7-6-10-29(16-19)22(30)31-23(2,3)4/h15,19H,6-14,16-17H2,1-5H3,(H,24,25). The Morgan fingerprint density at radius 3 is 2.62 bits per heavy atom. The maximum atomic E-state index is 12.4. The third kappa shape index (κ3) is 7.39. The van der Waals surface area contributed by atoms with E-state index >= 15 is 0 Å². The van der Waals surface area contributed by atoms with E-state index in [9.17, 15) is 4.79 Å². The molecule has 2 fully saturated rings. The summed E-state index contributed by atoms with van der Waals surface area (Å²) in [6, 6.07) is 2.00. The first-order valence-corrected chi connectivity index (χ1v) is 11.8. The van der Waals surface area contributed by atoms with E-state index in [0.29, 0.717) is 5.92 Å².